The summed E-state index contributed by atoms with van der Waals surface area (Å²) in [5.41, 5.74) is 12.4. The zero-order valence-corrected chi connectivity index (χ0v) is 29.7. The molecule has 3 aromatic heterocycles. The third-order valence-electron chi connectivity index (χ3n) is 9.83. The largest absolute Gasteiger partial charge is 0.457 e. The molecule has 0 fully saturated rings. The van der Waals surface area contributed by atoms with E-state index >= 15 is 0 Å². The van der Waals surface area contributed by atoms with Crippen LogP contribution in [0, 0.1) is 20.8 Å². The molecule has 0 amide bonds. The summed E-state index contributed by atoms with van der Waals surface area (Å²) in [6.45, 7) is 8.60. The van der Waals surface area contributed by atoms with Gasteiger partial charge in [0, 0.05) is 40.4 Å². The van der Waals surface area contributed by atoms with E-state index in [-0.39, 0.29) is 0 Å². The molecule has 5 aromatic carbocycles. The Bertz CT molecular complexity index is 2490. The lowest BCUT2D eigenvalue weighted by Crippen LogP contribution is -2.02. The summed E-state index contributed by atoms with van der Waals surface area (Å²) in [7, 11) is 0. The first kappa shape index (κ1) is 32.3. The topological polar surface area (TPSA) is 44.9 Å². The first-order valence-corrected chi connectivity index (χ1v) is 18.0. The van der Waals surface area contributed by atoms with Gasteiger partial charge in [-0.3, -0.25) is 4.57 Å². The molecule has 8 aromatic rings. The summed E-state index contributed by atoms with van der Waals surface area (Å²) in [6.07, 6.45) is 6.37. The predicted octanol–water partition coefficient (Wildman–Crippen LogP) is 12.1. The van der Waals surface area contributed by atoms with Crippen LogP contribution in [0.4, 0.5) is 0 Å². The molecule has 0 saturated carbocycles. The van der Waals surface area contributed by atoms with Gasteiger partial charge in [0.25, 0.3) is 0 Å². The van der Waals surface area contributed by atoms with Crippen molar-refractivity contribution in [1.29, 1.82) is 0 Å². The van der Waals surface area contributed by atoms with Crippen LogP contribution in [-0.4, -0.2) is 19.3 Å². The average molecular weight is 667 g/mol. The fraction of sp³-hybridized carbons (Fsp3) is 0.174. The number of hydrogen-bond acceptors (Lipinski definition) is 3. The van der Waals surface area contributed by atoms with E-state index in [1.807, 2.05) is 12.3 Å². The summed E-state index contributed by atoms with van der Waals surface area (Å²) in [4.78, 5) is 4.82. The molecule has 0 aliphatic rings. The van der Waals surface area contributed by atoms with Crippen LogP contribution in [0.3, 0.4) is 0 Å². The number of benzene rings is 5. The van der Waals surface area contributed by atoms with E-state index in [4.69, 9.17) is 14.8 Å². The van der Waals surface area contributed by atoms with Gasteiger partial charge in [0.1, 0.15) is 17.3 Å². The predicted molar refractivity (Wildman–Crippen MR) is 211 cm³/mol. The van der Waals surface area contributed by atoms with Crippen molar-refractivity contribution in [2.75, 3.05) is 0 Å². The van der Waals surface area contributed by atoms with Crippen molar-refractivity contribution in [1.82, 2.24) is 19.3 Å². The Labute approximate surface area is 299 Å². The Kier molecular flexibility index (Phi) is 8.71. The van der Waals surface area contributed by atoms with Gasteiger partial charge in [-0.05, 0) is 110 Å². The van der Waals surface area contributed by atoms with Crippen LogP contribution in [0.1, 0.15) is 48.7 Å². The first-order valence-electron chi connectivity index (χ1n) is 18.0. The van der Waals surface area contributed by atoms with Crippen LogP contribution in [0.2, 0.25) is 0 Å². The molecule has 0 N–H and O–H groups in total. The van der Waals surface area contributed by atoms with E-state index < -0.39 is 0 Å². The molecule has 0 aliphatic carbocycles. The second kappa shape index (κ2) is 13.8. The maximum absolute atomic E-state index is 6.79. The summed E-state index contributed by atoms with van der Waals surface area (Å²) in [6, 6.07) is 45.0. The molecule has 8 rings (SSSR count). The summed E-state index contributed by atoms with van der Waals surface area (Å²) in [5, 5.41) is 7.38. The van der Waals surface area contributed by atoms with Crippen molar-refractivity contribution >= 4 is 21.8 Å². The Morgan fingerprint density at radius 1 is 0.627 bits per heavy atom. The molecular weight excluding hydrogens is 625 g/mol. The Hall–Kier alpha value is -5.94. The second-order valence-corrected chi connectivity index (χ2v) is 13.5. The van der Waals surface area contributed by atoms with Crippen molar-refractivity contribution in [2.24, 2.45) is 0 Å². The zero-order chi connectivity index (χ0) is 34.9. The van der Waals surface area contributed by atoms with E-state index in [0.717, 1.165) is 69.2 Å². The summed E-state index contributed by atoms with van der Waals surface area (Å²) in [5.74, 6) is 2.46. The highest BCUT2D eigenvalue weighted by Gasteiger charge is 2.18. The highest BCUT2D eigenvalue weighted by atomic mass is 16.5. The number of pyridine rings is 1. The monoisotopic (exact) mass is 666 g/mol. The maximum atomic E-state index is 6.79. The highest BCUT2D eigenvalue weighted by Crippen LogP contribution is 2.38. The quantitative estimate of drug-likeness (QED) is 0.136. The van der Waals surface area contributed by atoms with E-state index in [1.165, 1.54) is 46.0 Å². The highest BCUT2D eigenvalue weighted by molar-refractivity contribution is 6.10. The minimum Gasteiger partial charge on any atom is -0.457 e. The Morgan fingerprint density at radius 3 is 2.18 bits per heavy atom. The Balaban J connectivity index is 1.24. The maximum Gasteiger partial charge on any atom is 0.137 e. The van der Waals surface area contributed by atoms with E-state index in [0.29, 0.717) is 0 Å². The first-order chi connectivity index (χ1) is 25.0. The molecule has 0 saturated heterocycles. The number of hydrogen-bond donors (Lipinski definition) is 0. The number of fused-ring (bicyclic) bond motifs is 3. The molecule has 252 valence electrons. The molecule has 0 spiro atoms. The lowest BCUT2D eigenvalue weighted by molar-refractivity contribution is 0.482. The normalized spacial score (nSPS) is 11.5. The molecular formula is C46H42N4O. The van der Waals surface area contributed by atoms with Gasteiger partial charge in [0.05, 0.1) is 22.4 Å². The SMILES string of the molecule is CCCCCc1cc(Oc2ccc3c4cc(-c5ccccc5)ccc4n(-c4cc(C)ccn4)c3c2)cc(-n2nc(C)c(-c3ccccc3)c2C)c1. The van der Waals surface area contributed by atoms with Gasteiger partial charge in [-0.25, -0.2) is 9.67 Å². The lowest BCUT2D eigenvalue weighted by Gasteiger charge is -2.13. The van der Waals surface area contributed by atoms with Crippen LogP contribution < -0.4 is 4.74 Å². The van der Waals surface area contributed by atoms with Gasteiger partial charge in [-0.1, -0.05) is 86.5 Å². The third kappa shape index (κ3) is 6.32. The number of ether oxygens (including phenoxy) is 1. The average Bonchev–Trinajstić information content (AvgIpc) is 3.64. The van der Waals surface area contributed by atoms with Gasteiger partial charge in [-0.2, -0.15) is 5.10 Å². The molecule has 51 heavy (non-hydrogen) atoms. The summed E-state index contributed by atoms with van der Waals surface area (Å²) < 4.78 is 11.1. The van der Waals surface area contributed by atoms with Crippen LogP contribution in [-0.2, 0) is 6.42 Å². The minimum absolute atomic E-state index is 0.775. The molecule has 0 bridgehead atoms. The van der Waals surface area contributed by atoms with Crippen LogP contribution in [0.25, 0.3) is 55.6 Å². The standard InChI is InChI=1S/C46H42N4O/c1-5-6-9-14-34-26-38(50-33(4)46(32(3)48-50)36-17-12-8-13-18-36)29-40(27-34)51-39-20-21-41-42-28-37(35-15-10-7-11-16-35)19-22-43(42)49(44(41)30-39)45-25-31(2)23-24-47-45/h7-8,10-13,15-30H,5-6,9,14H2,1-4H3. The van der Waals surface area contributed by atoms with Crippen molar-refractivity contribution in [2.45, 2.75) is 53.4 Å². The van der Waals surface area contributed by atoms with Crippen LogP contribution >= 0.6 is 0 Å². The van der Waals surface area contributed by atoms with E-state index in [1.54, 1.807) is 0 Å². The van der Waals surface area contributed by atoms with Gasteiger partial charge < -0.3 is 4.74 Å². The number of aromatic nitrogens is 4. The minimum atomic E-state index is 0.775. The fourth-order valence-corrected chi connectivity index (χ4v) is 7.36. The lowest BCUT2D eigenvalue weighted by atomic mass is 10.0. The smallest absolute Gasteiger partial charge is 0.137 e. The van der Waals surface area contributed by atoms with Gasteiger partial charge in [-0.15, -0.1) is 0 Å². The molecule has 5 heteroatoms. The number of aryl methyl sites for hydroxylation is 3. The van der Waals surface area contributed by atoms with Gasteiger partial charge in [0.2, 0.25) is 0 Å². The van der Waals surface area contributed by atoms with Gasteiger partial charge in [0.15, 0.2) is 0 Å². The number of nitrogens with zero attached hydrogens (tertiary/aromatic N) is 4. The Morgan fingerprint density at radius 2 is 1.41 bits per heavy atom. The molecule has 5 nitrogen and oxygen atoms in total. The molecule has 0 unspecified atom stereocenters. The molecule has 0 aliphatic heterocycles. The fourth-order valence-electron chi connectivity index (χ4n) is 7.36. The van der Waals surface area contributed by atoms with Crippen LogP contribution in [0.15, 0.2) is 134 Å². The van der Waals surface area contributed by atoms with E-state index in [9.17, 15) is 0 Å². The second-order valence-electron chi connectivity index (χ2n) is 13.5. The van der Waals surface area contributed by atoms with Crippen molar-refractivity contribution < 1.29 is 4.74 Å². The zero-order valence-electron chi connectivity index (χ0n) is 29.7. The third-order valence-corrected chi connectivity index (χ3v) is 9.83. The molecule has 3 heterocycles. The number of unbranched alkanes of at least 4 members (excludes halogenated alkanes) is 2. The molecule has 0 radical (unpaired) electrons. The van der Waals surface area contributed by atoms with Crippen molar-refractivity contribution in [3.05, 3.63) is 156 Å². The molecule has 0 atom stereocenters. The van der Waals surface area contributed by atoms with Crippen LogP contribution in [0.5, 0.6) is 11.5 Å². The van der Waals surface area contributed by atoms with E-state index in [2.05, 4.69) is 158 Å². The van der Waals surface area contributed by atoms with Crippen molar-refractivity contribution in [3.8, 4) is 45.3 Å². The van der Waals surface area contributed by atoms with Crippen molar-refractivity contribution in [3.63, 3.8) is 0 Å². The van der Waals surface area contributed by atoms with Gasteiger partial charge >= 0.3 is 0 Å². The number of rotatable bonds is 10. The summed E-state index contributed by atoms with van der Waals surface area (Å²) >= 11 is 0.